The van der Waals surface area contributed by atoms with Gasteiger partial charge in [-0.1, -0.05) is 23.5 Å². The first-order chi connectivity index (χ1) is 17.7. The molecule has 0 fully saturated rings. The third kappa shape index (κ3) is 4.97. The Kier molecular flexibility index (Phi) is 7.40. The van der Waals surface area contributed by atoms with E-state index in [0.717, 1.165) is 0 Å². The second kappa shape index (κ2) is 10.5. The largest absolute Gasteiger partial charge is 0.502 e. The van der Waals surface area contributed by atoms with E-state index in [9.17, 15) is 14.7 Å². The zero-order valence-corrected chi connectivity index (χ0v) is 22.2. The number of methoxy groups -OCH3 is 3. The van der Waals surface area contributed by atoms with Crippen molar-refractivity contribution in [2.24, 2.45) is 4.99 Å². The minimum Gasteiger partial charge on any atom is -0.502 e. The summed E-state index contributed by atoms with van der Waals surface area (Å²) in [6.07, 6.45) is 1.33. The summed E-state index contributed by atoms with van der Waals surface area (Å²) in [7, 11) is 4.43. The number of esters is 1. The van der Waals surface area contributed by atoms with Crippen molar-refractivity contribution in [1.29, 1.82) is 0 Å². The van der Waals surface area contributed by atoms with Gasteiger partial charge < -0.3 is 24.1 Å². The fourth-order valence-corrected chi connectivity index (χ4v) is 5.16. The number of phenolic OH excluding ortho intramolecular Hbond substituents is 1. The molecule has 4 rings (SSSR count). The lowest BCUT2D eigenvalue weighted by Gasteiger charge is -2.25. The van der Waals surface area contributed by atoms with E-state index in [0.29, 0.717) is 37.5 Å². The number of nitrogens with zero attached hydrogens (tertiary/aromatic N) is 2. The molecule has 0 bridgehead atoms. The van der Waals surface area contributed by atoms with Crippen LogP contribution in [0.5, 0.6) is 23.0 Å². The van der Waals surface area contributed by atoms with Crippen molar-refractivity contribution in [3.05, 3.63) is 78.5 Å². The quantitative estimate of drug-likeness (QED) is 0.474. The highest BCUT2D eigenvalue weighted by Crippen LogP contribution is 2.37. The van der Waals surface area contributed by atoms with Gasteiger partial charge in [-0.3, -0.25) is 9.36 Å². The first-order valence-electron chi connectivity index (χ1n) is 11.5. The molecule has 2 heterocycles. The van der Waals surface area contributed by atoms with Crippen LogP contribution in [0.15, 0.2) is 57.5 Å². The normalized spacial score (nSPS) is 15.3. The van der Waals surface area contributed by atoms with Crippen molar-refractivity contribution in [2.45, 2.75) is 32.9 Å². The number of allylic oxidation sites excluding steroid dienone is 1. The highest BCUT2D eigenvalue weighted by atomic mass is 32.1. The molecule has 2 aromatic carbocycles. The molecular formula is C27H28N2O7S. The zero-order chi connectivity index (χ0) is 26.9. The highest BCUT2D eigenvalue weighted by molar-refractivity contribution is 7.07. The molecule has 0 saturated carbocycles. The molecule has 1 unspecified atom stereocenters. The lowest BCUT2D eigenvalue weighted by atomic mass is 9.96. The summed E-state index contributed by atoms with van der Waals surface area (Å²) in [6, 6.07) is 9.66. The van der Waals surface area contributed by atoms with Crippen molar-refractivity contribution in [3.8, 4) is 23.0 Å². The van der Waals surface area contributed by atoms with Gasteiger partial charge >= 0.3 is 5.97 Å². The number of fused-ring (bicyclic) bond motifs is 1. The number of thiazole rings is 1. The molecule has 0 saturated heterocycles. The van der Waals surface area contributed by atoms with Crippen LogP contribution >= 0.6 is 11.3 Å². The molecule has 194 valence electrons. The summed E-state index contributed by atoms with van der Waals surface area (Å²) in [6.45, 7) is 5.28. The fraction of sp³-hybridized carbons (Fsp3) is 0.296. The smallest absolute Gasteiger partial charge is 0.338 e. The Morgan fingerprint density at radius 2 is 1.70 bits per heavy atom. The number of hydrogen-bond donors (Lipinski definition) is 1. The Balaban J connectivity index is 1.94. The Labute approximate surface area is 217 Å². The van der Waals surface area contributed by atoms with Gasteiger partial charge in [0, 0.05) is 0 Å². The van der Waals surface area contributed by atoms with E-state index in [4.69, 9.17) is 18.9 Å². The van der Waals surface area contributed by atoms with Gasteiger partial charge in [-0.05, 0) is 62.2 Å². The lowest BCUT2D eigenvalue weighted by Crippen LogP contribution is -2.40. The zero-order valence-electron chi connectivity index (χ0n) is 21.4. The topological polar surface area (TPSA) is 109 Å². The van der Waals surface area contributed by atoms with Gasteiger partial charge in [-0.15, -0.1) is 0 Å². The summed E-state index contributed by atoms with van der Waals surface area (Å²) in [5, 5.41) is 10.2. The van der Waals surface area contributed by atoms with Crippen molar-refractivity contribution in [3.63, 3.8) is 0 Å². The maximum atomic E-state index is 13.8. The van der Waals surface area contributed by atoms with Crippen LogP contribution in [0.3, 0.4) is 0 Å². The van der Waals surface area contributed by atoms with Gasteiger partial charge in [-0.2, -0.15) is 0 Å². The summed E-state index contributed by atoms with van der Waals surface area (Å²) in [4.78, 5) is 32.0. The van der Waals surface area contributed by atoms with Gasteiger partial charge in [0.2, 0.25) is 5.75 Å². The molecule has 0 amide bonds. The van der Waals surface area contributed by atoms with Gasteiger partial charge in [0.15, 0.2) is 16.3 Å². The van der Waals surface area contributed by atoms with Gasteiger partial charge in [0.25, 0.3) is 5.56 Å². The second-order valence-electron chi connectivity index (χ2n) is 8.58. The van der Waals surface area contributed by atoms with E-state index in [-0.39, 0.29) is 28.9 Å². The molecule has 9 nitrogen and oxygen atoms in total. The first-order valence-corrected chi connectivity index (χ1v) is 12.3. The predicted molar refractivity (Wildman–Crippen MR) is 139 cm³/mol. The van der Waals surface area contributed by atoms with E-state index in [2.05, 4.69) is 4.99 Å². The molecule has 37 heavy (non-hydrogen) atoms. The number of phenols is 1. The average Bonchev–Trinajstić information content (AvgIpc) is 3.17. The van der Waals surface area contributed by atoms with E-state index in [1.165, 1.54) is 30.1 Å². The van der Waals surface area contributed by atoms with Crippen LogP contribution in [0.1, 0.15) is 37.9 Å². The molecule has 1 atom stereocenters. The molecule has 0 aliphatic carbocycles. The summed E-state index contributed by atoms with van der Waals surface area (Å²) < 4.78 is 23.2. The molecule has 0 spiro atoms. The number of aromatic nitrogens is 1. The average molecular weight is 525 g/mol. The molecule has 10 heteroatoms. The number of ether oxygens (including phenoxy) is 4. The first kappa shape index (κ1) is 26.0. The maximum absolute atomic E-state index is 13.8. The van der Waals surface area contributed by atoms with E-state index < -0.39 is 12.0 Å². The number of rotatable bonds is 7. The van der Waals surface area contributed by atoms with Crippen LogP contribution < -0.4 is 29.1 Å². The number of hydrogen-bond acceptors (Lipinski definition) is 9. The van der Waals surface area contributed by atoms with Crippen LogP contribution in [0.4, 0.5) is 0 Å². The van der Waals surface area contributed by atoms with Gasteiger partial charge in [-0.25, -0.2) is 9.79 Å². The van der Waals surface area contributed by atoms with Gasteiger partial charge in [0.05, 0.1) is 49.3 Å². The molecular weight excluding hydrogens is 496 g/mol. The van der Waals surface area contributed by atoms with Crippen LogP contribution in [0.25, 0.3) is 6.08 Å². The number of carbonyl (C=O) groups excluding carboxylic acids is 1. The Morgan fingerprint density at radius 1 is 1.08 bits per heavy atom. The third-order valence-electron chi connectivity index (χ3n) is 5.82. The van der Waals surface area contributed by atoms with Crippen LogP contribution in [0, 0.1) is 0 Å². The molecule has 1 aliphatic rings. The van der Waals surface area contributed by atoms with Crippen LogP contribution in [-0.2, 0) is 9.53 Å². The summed E-state index contributed by atoms with van der Waals surface area (Å²) in [5.41, 5.74) is 1.76. The summed E-state index contributed by atoms with van der Waals surface area (Å²) in [5.74, 6) is 0.415. The Bertz CT molecular complexity index is 1520. The maximum Gasteiger partial charge on any atom is 0.338 e. The van der Waals surface area contributed by atoms with Crippen molar-refractivity contribution >= 4 is 23.4 Å². The van der Waals surface area contributed by atoms with E-state index >= 15 is 0 Å². The molecule has 0 radical (unpaired) electrons. The van der Waals surface area contributed by atoms with Crippen LogP contribution in [-0.4, -0.2) is 43.1 Å². The van der Waals surface area contributed by atoms with E-state index in [1.807, 2.05) is 12.1 Å². The summed E-state index contributed by atoms with van der Waals surface area (Å²) >= 11 is 1.20. The fourth-order valence-electron chi connectivity index (χ4n) is 4.11. The molecule has 3 aromatic rings. The molecule has 1 aromatic heterocycles. The minimum atomic E-state index is -0.737. The standard InChI is InChI=1S/C27H28N2O7S/c1-14(2)36-26(32)22-15(3)28-27-29(23(22)17-7-9-18(33-4)10-8-17)25(31)21(37-27)13-16-11-19(34-5)24(30)20(12-16)35-6/h7-14,23,30H,1-6H3. The van der Waals surface area contributed by atoms with Gasteiger partial charge in [0.1, 0.15) is 5.75 Å². The Hall–Kier alpha value is -4.05. The number of aromatic hydroxyl groups is 1. The second-order valence-corrected chi connectivity index (χ2v) is 9.59. The highest BCUT2D eigenvalue weighted by Gasteiger charge is 2.33. The molecule has 1 aliphatic heterocycles. The minimum absolute atomic E-state index is 0.132. The monoisotopic (exact) mass is 524 g/mol. The SMILES string of the molecule is COc1ccc(C2C(C(=O)OC(C)C)=C(C)N=c3sc(=Cc4cc(OC)c(O)c(OC)c4)c(=O)n32)cc1. The van der Waals surface area contributed by atoms with Crippen molar-refractivity contribution in [2.75, 3.05) is 21.3 Å². The van der Waals surface area contributed by atoms with E-state index in [1.54, 1.807) is 58.2 Å². The van der Waals surface area contributed by atoms with Crippen molar-refractivity contribution < 1.29 is 28.8 Å². The molecule has 1 N–H and O–H groups in total. The number of benzene rings is 2. The third-order valence-corrected chi connectivity index (χ3v) is 6.80. The predicted octanol–water partition coefficient (Wildman–Crippen LogP) is 2.92. The van der Waals surface area contributed by atoms with Crippen molar-refractivity contribution in [1.82, 2.24) is 4.57 Å². The number of carbonyl (C=O) groups is 1. The van der Waals surface area contributed by atoms with Crippen LogP contribution in [0.2, 0.25) is 0 Å². The Morgan fingerprint density at radius 3 is 2.24 bits per heavy atom. The lowest BCUT2D eigenvalue weighted by molar-refractivity contribution is -0.143.